The zero-order chi connectivity index (χ0) is 17.6. The molecular formula is C18H28N2O3. The molecule has 5 nitrogen and oxygen atoms in total. The van der Waals surface area contributed by atoms with Crippen LogP contribution in [-0.2, 0) is 12.0 Å². The Bertz CT molecular complexity index is 619. The van der Waals surface area contributed by atoms with Crippen LogP contribution in [0.1, 0.15) is 45.7 Å². The monoisotopic (exact) mass is 320 g/mol. The quantitative estimate of drug-likeness (QED) is 0.815. The summed E-state index contributed by atoms with van der Waals surface area (Å²) < 4.78 is 5.40. The van der Waals surface area contributed by atoms with Crippen LogP contribution in [0.3, 0.4) is 0 Å². The zero-order valence-corrected chi connectivity index (χ0v) is 14.9. The van der Waals surface area contributed by atoms with Gasteiger partial charge in [0.05, 0.1) is 18.3 Å². The van der Waals surface area contributed by atoms with Gasteiger partial charge in [-0.2, -0.15) is 0 Å². The SMILES string of the molecule is COc1cc2c(cc1N)CCN(C(=O)O)C2(C(C)C)C(C)(C)C. The fourth-order valence-electron chi connectivity index (χ4n) is 4.48. The van der Waals surface area contributed by atoms with Crippen LogP contribution in [0.4, 0.5) is 10.5 Å². The van der Waals surface area contributed by atoms with E-state index in [2.05, 4.69) is 34.6 Å². The van der Waals surface area contributed by atoms with Crippen molar-refractivity contribution in [1.82, 2.24) is 4.90 Å². The van der Waals surface area contributed by atoms with Gasteiger partial charge in [-0.3, -0.25) is 4.90 Å². The number of carbonyl (C=O) groups is 1. The lowest BCUT2D eigenvalue weighted by atomic mass is 9.60. The lowest BCUT2D eigenvalue weighted by Crippen LogP contribution is -2.62. The summed E-state index contributed by atoms with van der Waals surface area (Å²) in [5, 5.41) is 9.86. The minimum absolute atomic E-state index is 0.103. The van der Waals surface area contributed by atoms with Crippen LogP contribution >= 0.6 is 0 Å². The molecule has 1 aliphatic heterocycles. The molecule has 1 heterocycles. The summed E-state index contributed by atoms with van der Waals surface area (Å²) in [5.41, 5.74) is 7.88. The van der Waals surface area contributed by atoms with Crippen molar-refractivity contribution in [3.63, 3.8) is 0 Å². The number of nitrogen functional groups attached to an aromatic ring is 1. The van der Waals surface area contributed by atoms with Gasteiger partial charge < -0.3 is 15.6 Å². The molecule has 0 aromatic heterocycles. The third kappa shape index (κ3) is 2.42. The summed E-state index contributed by atoms with van der Waals surface area (Å²) in [6.45, 7) is 10.9. The lowest BCUT2D eigenvalue weighted by Gasteiger charge is -2.57. The molecule has 1 amide bonds. The molecule has 128 valence electrons. The molecule has 3 N–H and O–H groups in total. The third-order valence-electron chi connectivity index (χ3n) is 5.11. The normalized spacial score (nSPS) is 21.3. The predicted octanol–water partition coefficient (Wildman–Crippen LogP) is 3.71. The molecule has 1 aromatic carbocycles. The van der Waals surface area contributed by atoms with Gasteiger partial charge in [-0.1, -0.05) is 34.6 Å². The molecule has 23 heavy (non-hydrogen) atoms. The Balaban J connectivity index is 2.86. The van der Waals surface area contributed by atoms with Gasteiger partial charge in [0, 0.05) is 6.54 Å². The van der Waals surface area contributed by atoms with E-state index in [1.165, 1.54) is 0 Å². The van der Waals surface area contributed by atoms with Crippen molar-refractivity contribution in [2.45, 2.75) is 46.6 Å². The van der Waals surface area contributed by atoms with Crippen LogP contribution in [0.2, 0.25) is 0 Å². The van der Waals surface area contributed by atoms with Crippen molar-refractivity contribution in [1.29, 1.82) is 0 Å². The highest BCUT2D eigenvalue weighted by Crippen LogP contribution is 2.53. The lowest BCUT2D eigenvalue weighted by molar-refractivity contribution is -0.0441. The second-order valence-corrected chi connectivity index (χ2v) is 7.61. The summed E-state index contributed by atoms with van der Waals surface area (Å²) >= 11 is 0. The smallest absolute Gasteiger partial charge is 0.408 e. The van der Waals surface area contributed by atoms with Crippen LogP contribution in [0.15, 0.2) is 12.1 Å². The topological polar surface area (TPSA) is 75.8 Å². The van der Waals surface area contributed by atoms with E-state index in [0.29, 0.717) is 24.4 Å². The van der Waals surface area contributed by atoms with E-state index < -0.39 is 11.6 Å². The van der Waals surface area contributed by atoms with Crippen LogP contribution in [0, 0.1) is 11.3 Å². The first-order valence-corrected chi connectivity index (χ1v) is 8.04. The van der Waals surface area contributed by atoms with Crippen molar-refractivity contribution in [2.75, 3.05) is 19.4 Å². The van der Waals surface area contributed by atoms with Crippen molar-refractivity contribution in [2.24, 2.45) is 11.3 Å². The van der Waals surface area contributed by atoms with E-state index in [-0.39, 0.29) is 11.3 Å². The first-order valence-electron chi connectivity index (χ1n) is 8.04. The highest BCUT2D eigenvalue weighted by molar-refractivity contribution is 5.69. The number of methoxy groups -OCH3 is 1. The highest BCUT2D eigenvalue weighted by atomic mass is 16.5. The molecular weight excluding hydrogens is 292 g/mol. The Morgan fingerprint density at radius 1 is 1.39 bits per heavy atom. The van der Waals surface area contributed by atoms with Crippen molar-refractivity contribution < 1.29 is 14.6 Å². The van der Waals surface area contributed by atoms with Crippen LogP contribution in [-0.4, -0.2) is 29.8 Å². The van der Waals surface area contributed by atoms with Crippen molar-refractivity contribution in [3.8, 4) is 5.75 Å². The minimum atomic E-state index is -0.880. The molecule has 5 heteroatoms. The van der Waals surface area contributed by atoms with Crippen molar-refractivity contribution in [3.05, 3.63) is 23.3 Å². The summed E-state index contributed by atoms with van der Waals surface area (Å²) in [7, 11) is 1.59. The number of fused-ring (bicyclic) bond motifs is 1. The Morgan fingerprint density at radius 2 is 2.00 bits per heavy atom. The highest BCUT2D eigenvalue weighted by Gasteiger charge is 2.55. The standard InChI is InChI=1S/C18H28N2O3/c1-11(2)18(17(3,4)5)13-10-15(23-6)14(19)9-12(13)7-8-20(18)16(21)22/h9-11H,7-8,19H2,1-6H3,(H,21,22). The number of anilines is 1. The van der Waals surface area contributed by atoms with Crippen LogP contribution in [0.5, 0.6) is 5.75 Å². The number of amides is 1. The second-order valence-electron chi connectivity index (χ2n) is 7.61. The van der Waals surface area contributed by atoms with Crippen LogP contribution < -0.4 is 10.5 Å². The van der Waals surface area contributed by atoms with E-state index >= 15 is 0 Å². The van der Waals surface area contributed by atoms with E-state index in [9.17, 15) is 9.90 Å². The van der Waals surface area contributed by atoms with E-state index in [1.54, 1.807) is 12.0 Å². The first-order chi connectivity index (χ1) is 10.6. The molecule has 0 spiro atoms. The Morgan fingerprint density at radius 3 is 2.43 bits per heavy atom. The van der Waals surface area contributed by atoms with Gasteiger partial charge in [-0.15, -0.1) is 0 Å². The van der Waals surface area contributed by atoms with Crippen LogP contribution in [0.25, 0.3) is 0 Å². The maximum atomic E-state index is 12.0. The molecule has 0 saturated carbocycles. The average molecular weight is 320 g/mol. The number of hydrogen-bond donors (Lipinski definition) is 2. The maximum absolute atomic E-state index is 12.0. The zero-order valence-electron chi connectivity index (χ0n) is 14.9. The number of nitrogens with two attached hydrogens (primary N) is 1. The Hall–Kier alpha value is -1.91. The molecule has 1 atom stereocenters. The van der Waals surface area contributed by atoms with Crippen molar-refractivity contribution >= 4 is 11.8 Å². The molecule has 0 saturated heterocycles. The summed E-state index contributed by atoms with van der Waals surface area (Å²) in [5.74, 6) is 0.705. The molecule has 1 aliphatic rings. The Kier molecular flexibility index (Phi) is 4.26. The third-order valence-corrected chi connectivity index (χ3v) is 5.11. The fraction of sp³-hybridized carbons (Fsp3) is 0.611. The molecule has 0 radical (unpaired) electrons. The maximum Gasteiger partial charge on any atom is 0.408 e. The summed E-state index contributed by atoms with van der Waals surface area (Å²) in [4.78, 5) is 13.6. The van der Waals surface area contributed by atoms with Gasteiger partial charge in [0.1, 0.15) is 5.75 Å². The number of nitrogens with zero attached hydrogens (tertiary/aromatic N) is 1. The molecule has 1 unspecified atom stereocenters. The number of hydrogen-bond acceptors (Lipinski definition) is 3. The molecule has 1 aromatic rings. The number of benzene rings is 1. The van der Waals surface area contributed by atoms with E-state index in [4.69, 9.17) is 10.5 Å². The van der Waals surface area contributed by atoms with E-state index in [0.717, 1.165) is 11.1 Å². The van der Waals surface area contributed by atoms with Gasteiger partial charge in [-0.25, -0.2) is 4.79 Å². The summed E-state index contributed by atoms with van der Waals surface area (Å²) in [6, 6.07) is 3.88. The predicted molar refractivity (Wildman–Crippen MR) is 91.8 cm³/mol. The van der Waals surface area contributed by atoms with Gasteiger partial charge in [0.25, 0.3) is 0 Å². The first kappa shape index (κ1) is 17.4. The number of rotatable bonds is 2. The minimum Gasteiger partial charge on any atom is -0.495 e. The molecule has 2 rings (SSSR count). The molecule has 0 bridgehead atoms. The Labute approximate surface area is 138 Å². The fourth-order valence-corrected chi connectivity index (χ4v) is 4.48. The molecule has 0 aliphatic carbocycles. The number of carboxylic acid groups (broad SMARTS) is 1. The van der Waals surface area contributed by atoms with E-state index in [1.807, 2.05) is 12.1 Å². The summed E-state index contributed by atoms with van der Waals surface area (Å²) in [6.07, 6.45) is -0.213. The van der Waals surface area contributed by atoms with Gasteiger partial charge in [0.2, 0.25) is 0 Å². The van der Waals surface area contributed by atoms with Gasteiger partial charge >= 0.3 is 6.09 Å². The van der Waals surface area contributed by atoms with Gasteiger partial charge in [-0.05, 0) is 41.0 Å². The average Bonchev–Trinajstić information content (AvgIpc) is 2.43. The largest absolute Gasteiger partial charge is 0.495 e. The number of ether oxygens (including phenoxy) is 1. The second kappa shape index (κ2) is 5.62. The van der Waals surface area contributed by atoms with Gasteiger partial charge in [0.15, 0.2) is 0 Å². The molecule has 0 fully saturated rings.